The quantitative estimate of drug-likeness (QED) is 0.794. The van der Waals surface area contributed by atoms with Gasteiger partial charge in [-0.3, -0.25) is 9.59 Å². The molecule has 1 aliphatic carbocycles. The van der Waals surface area contributed by atoms with Crippen molar-refractivity contribution in [3.05, 3.63) is 46.1 Å². The maximum absolute atomic E-state index is 12.7. The van der Waals surface area contributed by atoms with E-state index in [4.69, 9.17) is 27.6 Å². The first-order chi connectivity index (χ1) is 12.5. The molecule has 0 atom stereocenters. The second-order valence-electron chi connectivity index (χ2n) is 6.66. The van der Waals surface area contributed by atoms with Crippen molar-refractivity contribution in [3.63, 3.8) is 0 Å². The molecule has 2 amide bonds. The van der Waals surface area contributed by atoms with Crippen molar-refractivity contribution in [2.75, 3.05) is 26.2 Å². The summed E-state index contributed by atoms with van der Waals surface area (Å²) in [5.41, 5.74) is 0.651. The number of piperazine rings is 1. The summed E-state index contributed by atoms with van der Waals surface area (Å²) in [5.74, 6) is 1.04. The Labute approximate surface area is 161 Å². The molecule has 2 aliphatic rings. The molecule has 1 aliphatic heterocycles. The number of carbonyl (C=O) groups excluding carboxylic acids is 2. The van der Waals surface area contributed by atoms with Gasteiger partial charge in [-0.25, -0.2) is 0 Å². The van der Waals surface area contributed by atoms with Crippen LogP contribution >= 0.6 is 23.2 Å². The lowest BCUT2D eigenvalue weighted by atomic mass is 10.2. The lowest BCUT2D eigenvalue weighted by molar-refractivity contribution is -0.134. The topological polar surface area (TPSA) is 53.8 Å². The van der Waals surface area contributed by atoms with E-state index >= 15 is 0 Å². The van der Waals surface area contributed by atoms with Crippen LogP contribution in [0.2, 0.25) is 10.0 Å². The summed E-state index contributed by atoms with van der Waals surface area (Å²) < 4.78 is 5.73. The van der Waals surface area contributed by atoms with E-state index in [9.17, 15) is 9.59 Å². The van der Waals surface area contributed by atoms with Crippen LogP contribution in [0.5, 0.6) is 0 Å². The lowest BCUT2D eigenvalue weighted by Crippen LogP contribution is -2.51. The van der Waals surface area contributed by atoms with Crippen molar-refractivity contribution in [1.82, 2.24) is 9.80 Å². The maximum atomic E-state index is 12.7. The van der Waals surface area contributed by atoms with E-state index in [0.29, 0.717) is 47.5 Å². The monoisotopic (exact) mass is 392 g/mol. The van der Waals surface area contributed by atoms with Gasteiger partial charge in [-0.2, -0.15) is 0 Å². The van der Waals surface area contributed by atoms with Gasteiger partial charge in [0, 0.05) is 37.7 Å². The van der Waals surface area contributed by atoms with Crippen LogP contribution in [-0.4, -0.2) is 47.8 Å². The molecule has 0 spiro atoms. The third-order valence-corrected chi connectivity index (χ3v) is 5.66. The van der Waals surface area contributed by atoms with Crippen molar-refractivity contribution in [3.8, 4) is 11.3 Å². The van der Waals surface area contributed by atoms with Crippen LogP contribution in [0.15, 0.2) is 34.7 Å². The summed E-state index contributed by atoms with van der Waals surface area (Å²) in [5, 5.41) is 0.833. The average molecular weight is 393 g/mol. The molecule has 0 radical (unpaired) electrons. The molecular weight excluding hydrogens is 375 g/mol. The van der Waals surface area contributed by atoms with Gasteiger partial charge in [0.05, 0.1) is 10.0 Å². The Kier molecular flexibility index (Phi) is 4.67. The number of hydrogen-bond donors (Lipinski definition) is 0. The molecule has 26 heavy (non-hydrogen) atoms. The normalized spacial score (nSPS) is 17.5. The molecule has 136 valence electrons. The molecule has 4 rings (SSSR count). The first-order valence-corrected chi connectivity index (χ1v) is 9.42. The summed E-state index contributed by atoms with van der Waals surface area (Å²) in [6.07, 6.45) is 2.00. The number of rotatable bonds is 3. The highest BCUT2D eigenvalue weighted by molar-refractivity contribution is 6.43. The molecular formula is C19H18Cl2N2O3. The Bertz CT molecular complexity index is 852. The number of amides is 2. The summed E-state index contributed by atoms with van der Waals surface area (Å²) >= 11 is 12.3. The molecule has 0 N–H and O–H groups in total. The van der Waals surface area contributed by atoms with Gasteiger partial charge in [-0.15, -0.1) is 0 Å². The Morgan fingerprint density at radius 3 is 2.35 bits per heavy atom. The fraction of sp³-hybridized carbons (Fsp3) is 0.368. The van der Waals surface area contributed by atoms with E-state index in [1.54, 1.807) is 35.2 Å². The number of carbonyl (C=O) groups is 2. The zero-order valence-corrected chi connectivity index (χ0v) is 15.6. The van der Waals surface area contributed by atoms with E-state index in [2.05, 4.69) is 0 Å². The number of hydrogen-bond acceptors (Lipinski definition) is 3. The third-order valence-electron chi connectivity index (χ3n) is 4.84. The minimum atomic E-state index is -0.173. The second-order valence-corrected chi connectivity index (χ2v) is 7.44. The Morgan fingerprint density at radius 1 is 0.962 bits per heavy atom. The van der Waals surface area contributed by atoms with E-state index in [1.165, 1.54) is 0 Å². The second kappa shape index (κ2) is 6.97. The number of furan rings is 1. The van der Waals surface area contributed by atoms with Crippen LogP contribution in [-0.2, 0) is 4.79 Å². The molecule has 1 saturated heterocycles. The van der Waals surface area contributed by atoms with Crippen molar-refractivity contribution in [2.45, 2.75) is 12.8 Å². The fourth-order valence-electron chi connectivity index (χ4n) is 3.17. The highest BCUT2D eigenvalue weighted by atomic mass is 35.5. The molecule has 5 nitrogen and oxygen atoms in total. The highest BCUT2D eigenvalue weighted by Gasteiger charge is 2.35. The van der Waals surface area contributed by atoms with Crippen LogP contribution in [0, 0.1) is 5.92 Å². The molecule has 2 fully saturated rings. The van der Waals surface area contributed by atoms with Gasteiger partial charge in [0.15, 0.2) is 5.76 Å². The van der Waals surface area contributed by atoms with Crippen LogP contribution in [0.4, 0.5) is 0 Å². The van der Waals surface area contributed by atoms with Crippen molar-refractivity contribution in [1.29, 1.82) is 0 Å². The SMILES string of the molecule is O=C(c1ccc(-c2cccc(Cl)c2Cl)o1)N1CCN(C(=O)C2CC2)CC1. The minimum Gasteiger partial charge on any atom is -0.451 e. The smallest absolute Gasteiger partial charge is 0.289 e. The highest BCUT2D eigenvalue weighted by Crippen LogP contribution is 2.34. The molecule has 2 aromatic rings. The predicted octanol–water partition coefficient (Wildman–Crippen LogP) is 3.95. The third kappa shape index (κ3) is 3.33. The lowest BCUT2D eigenvalue weighted by Gasteiger charge is -2.34. The first kappa shape index (κ1) is 17.4. The van der Waals surface area contributed by atoms with Gasteiger partial charge in [0.2, 0.25) is 5.91 Å². The Morgan fingerprint density at radius 2 is 1.65 bits per heavy atom. The number of halogens is 2. The minimum absolute atomic E-state index is 0.173. The van der Waals surface area contributed by atoms with Crippen LogP contribution in [0.1, 0.15) is 23.4 Å². The largest absolute Gasteiger partial charge is 0.451 e. The van der Waals surface area contributed by atoms with E-state index in [0.717, 1.165) is 12.8 Å². The predicted molar refractivity (Wildman–Crippen MR) is 99.4 cm³/mol. The zero-order valence-electron chi connectivity index (χ0n) is 14.1. The summed E-state index contributed by atoms with van der Waals surface area (Å²) in [4.78, 5) is 28.4. The molecule has 1 aromatic heterocycles. The number of benzene rings is 1. The summed E-state index contributed by atoms with van der Waals surface area (Å²) in [6, 6.07) is 8.65. The Balaban J connectivity index is 1.44. The molecule has 7 heteroatoms. The van der Waals surface area contributed by atoms with Gasteiger partial charge in [0.1, 0.15) is 5.76 Å². The van der Waals surface area contributed by atoms with Gasteiger partial charge in [-0.1, -0.05) is 29.3 Å². The standard InChI is InChI=1S/C19H18Cl2N2O3/c20-14-3-1-2-13(17(14)21)15-6-7-16(26-15)19(25)23-10-8-22(9-11-23)18(24)12-4-5-12/h1-3,6-7,12H,4-5,8-11H2. The van der Waals surface area contributed by atoms with E-state index in [-0.39, 0.29) is 23.5 Å². The summed E-state index contributed by atoms with van der Waals surface area (Å²) in [7, 11) is 0. The van der Waals surface area contributed by atoms with Crippen molar-refractivity contribution in [2.24, 2.45) is 5.92 Å². The molecule has 0 bridgehead atoms. The summed E-state index contributed by atoms with van der Waals surface area (Å²) in [6.45, 7) is 2.19. The first-order valence-electron chi connectivity index (χ1n) is 8.67. The van der Waals surface area contributed by atoms with Gasteiger partial charge in [-0.05, 0) is 37.1 Å². The van der Waals surface area contributed by atoms with Crippen LogP contribution < -0.4 is 0 Å². The van der Waals surface area contributed by atoms with Crippen molar-refractivity contribution < 1.29 is 14.0 Å². The number of nitrogens with zero attached hydrogens (tertiary/aromatic N) is 2. The Hall–Kier alpha value is -1.98. The van der Waals surface area contributed by atoms with Gasteiger partial charge < -0.3 is 14.2 Å². The van der Waals surface area contributed by atoms with Crippen LogP contribution in [0.25, 0.3) is 11.3 Å². The van der Waals surface area contributed by atoms with E-state index in [1.807, 2.05) is 4.90 Å². The molecule has 1 saturated carbocycles. The van der Waals surface area contributed by atoms with Crippen LogP contribution in [0.3, 0.4) is 0 Å². The molecule has 0 unspecified atom stereocenters. The molecule has 1 aromatic carbocycles. The fourth-order valence-corrected chi connectivity index (χ4v) is 3.56. The zero-order chi connectivity index (χ0) is 18.3. The van der Waals surface area contributed by atoms with Gasteiger partial charge in [0.25, 0.3) is 5.91 Å². The van der Waals surface area contributed by atoms with Gasteiger partial charge >= 0.3 is 0 Å². The van der Waals surface area contributed by atoms with E-state index < -0.39 is 0 Å². The molecule has 2 heterocycles. The maximum Gasteiger partial charge on any atom is 0.289 e. The average Bonchev–Trinajstić information content (AvgIpc) is 3.40. The van der Waals surface area contributed by atoms with Crippen molar-refractivity contribution >= 4 is 35.0 Å².